The molecule has 0 amide bonds. The maximum atomic E-state index is 13.1. The van der Waals surface area contributed by atoms with E-state index < -0.39 is 100 Å². The first-order chi connectivity index (χ1) is 21.1. The van der Waals surface area contributed by atoms with Crippen LogP contribution in [0.3, 0.4) is 0 Å². The molecule has 2 saturated carbocycles. The zero-order valence-electron chi connectivity index (χ0n) is 27.9. The van der Waals surface area contributed by atoms with Crippen LogP contribution in [0.25, 0.3) is 0 Å². The van der Waals surface area contributed by atoms with Gasteiger partial charge in [0, 0.05) is 65.7 Å². The Morgan fingerprint density at radius 3 is 1.61 bits per heavy atom. The van der Waals surface area contributed by atoms with E-state index in [1.165, 1.54) is 27.7 Å². The lowest BCUT2D eigenvalue weighted by Crippen LogP contribution is -2.76. The fourth-order valence-electron chi connectivity index (χ4n) is 8.43. The third-order valence-corrected chi connectivity index (χ3v) is 10.3. The summed E-state index contributed by atoms with van der Waals surface area (Å²) in [5.41, 5.74) is -5.89. The van der Waals surface area contributed by atoms with E-state index in [0.717, 1.165) is 13.8 Å². The highest BCUT2D eigenvalue weighted by molar-refractivity contribution is 5.70. The molecule has 6 unspecified atom stereocenters. The number of carbonyl (C=O) groups excluding carboxylic acids is 6. The van der Waals surface area contributed by atoms with Crippen molar-refractivity contribution < 1.29 is 67.0 Å². The Balaban J connectivity index is 2.20. The first-order valence-electron chi connectivity index (χ1n) is 15.2. The van der Waals surface area contributed by atoms with Gasteiger partial charge in [0.25, 0.3) is 0 Å². The van der Waals surface area contributed by atoms with Gasteiger partial charge in [-0.3, -0.25) is 28.8 Å². The fourth-order valence-corrected chi connectivity index (χ4v) is 8.43. The number of carbonyl (C=O) groups is 6. The normalized spacial score (nSPS) is 39.1. The molecule has 1 N–H and O–H groups in total. The van der Waals surface area contributed by atoms with Crippen LogP contribution in [-0.2, 0) is 61.9 Å². The van der Waals surface area contributed by atoms with Crippen molar-refractivity contribution in [3.8, 4) is 0 Å². The molecule has 256 valence electrons. The first kappa shape index (κ1) is 35.3. The molecule has 0 aromatic rings. The van der Waals surface area contributed by atoms with Gasteiger partial charge in [0.2, 0.25) is 0 Å². The lowest BCUT2D eigenvalue weighted by Gasteiger charge is -2.64. The quantitative estimate of drug-likeness (QED) is 0.189. The zero-order chi connectivity index (χ0) is 34.7. The van der Waals surface area contributed by atoms with Crippen LogP contribution in [0, 0.1) is 16.7 Å². The SMILES string of the molecule is CC(=O)OC1C[C@@]2(O)C(OC(C)=O)[C@@H]3[C@@](C)(C(OC(C)=O)CC(OC(C)=O)[C@]34CO4)C(OC(C)=O)C(OC(C)=O)C(=C1C)C2(C)C. The van der Waals surface area contributed by atoms with Crippen molar-refractivity contribution in [3.05, 3.63) is 11.1 Å². The fraction of sp³-hybridized carbons (Fsp3) is 0.750. The molecule has 1 aliphatic heterocycles. The number of rotatable bonds is 6. The van der Waals surface area contributed by atoms with Crippen molar-refractivity contribution in [2.24, 2.45) is 16.7 Å². The Morgan fingerprint density at radius 1 is 0.696 bits per heavy atom. The number of aliphatic hydroxyl groups is 1. The van der Waals surface area contributed by atoms with Gasteiger partial charge < -0.3 is 38.3 Å². The van der Waals surface area contributed by atoms with Gasteiger partial charge in [-0.2, -0.15) is 0 Å². The van der Waals surface area contributed by atoms with Crippen molar-refractivity contribution in [2.75, 3.05) is 6.61 Å². The molecule has 14 nitrogen and oxygen atoms in total. The van der Waals surface area contributed by atoms with Gasteiger partial charge in [-0.25, -0.2) is 0 Å². The number of hydrogen-bond donors (Lipinski definition) is 1. The molecule has 3 fully saturated rings. The number of epoxide rings is 1. The summed E-state index contributed by atoms with van der Waals surface area (Å²) >= 11 is 0. The minimum absolute atomic E-state index is 0.0353. The van der Waals surface area contributed by atoms with Gasteiger partial charge >= 0.3 is 35.8 Å². The molecule has 10 atom stereocenters. The van der Waals surface area contributed by atoms with E-state index in [-0.39, 0.29) is 25.0 Å². The van der Waals surface area contributed by atoms with E-state index in [9.17, 15) is 33.9 Å². The molecular weight excluding hydrogens is 608 g/mol. The van der Waals surface area contributed by atoms with Crippen molar-refractivity contribution in [1.29, 1.82) is 0 Å². The molecule has 1 heterocycles. The highest BCUT2D eigenvalue weighted by Gasteiger charge is 2.80. The zero-order valence-corrected chi connectivity index (χ0v) is 27.9. The van der Waals surface area contributed by atoms with E-state index in [0.29, 0.717) is 5.57 Å². The van der Waals surface area contributed by atoms with Crippen LogP contribution in [0.4, 0.5) is 0 Å². The predicted octanol–water partition coefficient (Wildman–Crippen LogP) is 1.86. The highest BCUT2D eigenvalue weighted by Crippen LogP contribution is 2.67. The summed E-state index contributed by atoms with van der Waals surface area (Å²) in [5.74, 6) is -5.60. The second-order valence-corrected chi connectivity index (χ2v) is 13.6. The summed E-state index contributed by atoms with van der Waals surface area (Å²) in [6, 6.07) is 0. The summed E-state index contributed by atoms with van der Waals surface area (Å²) < 4.78 is 41.5. The Morgan fingerprint density at radius 2 is 1.15 bits per heavy atom. The van der Waals surface area contributed by atoms with Gasteiger partial charge in [-0.15, -0.1) is 0 Å². The molecule has 14 heteroatoms. The molecule has 2 bridgehead atoms. The van der Waals surface area contributed by atoms with Gasteiger partial charge in [-0.05, 0) is 18.1 Å². The van der Waals surface area contributed by atoms with Crippen LogP contribution < -0.4 is 0 Å². The van der Waals surface area contributed by atoms with E-state index in [4.69, 9.17) is 33.2 Å². The van der Waals surface area contributed by atoms with Gasteiger partial charge in [0.1, 0.15) is 35.6 Å². The minimum Gasteiger partial charge on any atom is -0.462 e. The molecule has 0 aromatic heterocycles. The van der Waals surface area contributed by atoms with E-state index in [2.05, 4.69) is 0 Å². The van der Waals surface area contributed by atoms with Crippen LogP contribution >= 0.6 is 0 Å². The van der Waals surface area contributed by atoms with Crippen molar-refractivity contribution in [2.45, 2.75) is 130 Å². The number of hydrogen-bond acceptors (Lipinski definition) is 14. The standard InChI is InChI=1S/C32H44O14/c1-14-21(41-15(2)33)12-32(39)28(46-20(7)38)26-30(10,22(42-16(3)34)11-23(43-17(4)35)31(26)13-40-31)27(45-19(6)37)25(44-18(5)36)24(14)29(32,8)9/h21-23,25-28,39H,11-13H2,1-10H3/t21?,22?,23?,25?,26-,27?,28?,30-,31-,32-/m1/s1. The Bertz CT molecular complexity index is 1360. The molecule has 3 aliphatic carbocycles. The molecule has 4 aliphatic rings. The molecular formula is C32H44O14. The lowest BCUT2D eigenvalue weighted by molar-refractivity contribution is -0.284. The van der Waals surface area contributed by atoms with Crippen molar-refractivity contribution in [1.82, 2.24) is 0 Å². The second-order valence-electron chi connectivity index (χ2n) is 13.6. The van der Waals surface area contributed by atoms with Crippen LogP contribution in [-0.4, -0.2) is 95.4 Å². The van der Waals surface area contributed by atoms with Gasteiger partial charge in [0.05, 0.1) is 12.0 Å². The van der Waals surface area contributed by atoms with Crippen molar-refractivity contribution >= 4 is 35.8 Å². The smallest absolute Gasteiger partial charge is 0.303 e. The summed E-state index contributed by atoms with van der Waals surface area (Å²) in [5, 5.41) is 13.1. The summed E-state index contributed by atoms with van der Waals surface area (Å²) in [6.07, 6.45) is -8.16. The first-order valence-corrected chi connectivity index (χ1v) is 15.2. The summed E-state index contributed by atoms with van der Waals surface area (Å²) in [7, 11) is 0. The maximum Gasteiger partial charge on any atom is 0.303 e. The number of ether oxygens (including phenoxy) is 7. The van der Waals surface area contributed by atoms with Crippen molar-refractivity contribution in [3.63, 3.8) is 0 Å². The molecule has 4 rings (SSSR count). The van der Waals surface area contributed by atoms with Gasteiger partial charge in [-0.1, -0.05) is 20.8 Å². The third kappa shape index (κ3) is 5.67. The van der Waals surface area contributed by atoms with Crippen LogP contribution in [0.15, 0.2) is 11.1 Å². The average molecular weight is 653 g/mol. The van der Waals surface area contributed by atoms with Gasteiger partial charge in [0.15, 0.2) is 12.2 Å². The Labute approximate surface area is 267 Å². The maximum absolute atomic E-state index is 13.1. The predicted molar refractivity (Wildman–Crippen MR) is 154 cm³/mol. The number of esters is 6. The van der Waals surface area contributed by atoms with Crippen LogP contribution in [0.1, 0.15) is 82.1 Å². The molecule has 0 radical (unpaired) electrons. The Kier molecular flexibility index (Phi) is 9.16. The van der Waals surface area contributed by atoms with Crippen LogP contribution in [0.5, 0.6) is 0 Å². The Hall–Kier alpha value is -3.52. The minimum atomic E-state index is -2.09. The molecule has 1 spiro atoms. The molecule has 1 saturated heterocycles. The largest absolute Gasteiger partial charge is 0.462 e. The highest BCUT2D eigenvalue weighted by atomic mass is 16.6. The number of fused-ring (bicyclic) bond motifs is 4. The van der Waals surface area contributed by atoms with E-state index >= 15 is 0 Å². The average Bonchev–Trinajstić information content (AvgIpc) is 3.67. The second kappa shape index (κ2) is 11.9. The molecule has 0 aromatic carbocycles. The summed E-state index contributed by atoms with van der Waals surface area (Å²) in [4.78, 5) is 76.1. The topological polar surface area (TPSA) is 191 Å². The third-order valence-electron chi connectivity index (χ3n) is 10.3. The monoisotopic (exact) mass is 652 g/mol. The molecule has 46 heavy (non-hydrogen) atoms. The van der Waals surface area contributed by atoms with E-state index in [1.54, 1.807) is 27.7 Å². The summed E-state index contributed by atoms with van der Waals surface area (Å²) in [6.45, 7) is 13.6. The van der Waals surface area contributed by atoms with E-state index in [1.807, 2.05) is 0 Å². The lowest BCUT2D eigenvalue weighted by atomic mass is 9.45. The van der Waals surface area contributed by atoms with Crippen LogP contribution in [0.2, 0.25) is 0 Å².